The zero-order valence-corrected chi connectivity index (χ0v) is 13.9. The second-order valence-corrected chi connectivity index (χ2v) is 6.77. The Bertz CT molecular complexity index is 765. The van der Waals surface area contributed by atoms with E-state index in [1.165, 1.54) is 16.7 Å². The number of hydrogen-bond acceptors (Lipinski definition) is 1. The standard InChI is InChI=1S/C22H22O/c1-22(2,3)19-10-7-11-21(16-19)23-20-14-12-18(13-15-20)17-8-5-4-6-9-17/h4-16H,1-3H3. The Hall–Kier alpha value is -2.54. The topological polar surface area (TPSA) is 9.23 Å². The van der Waals surface area contributed by atoms with Gasteiger partial charge in [0.2, 0.25) is 0 Å². The summed E-state index contributed by atoms with van der Waals surface area (Å²) in [7, 11) is 0. The Kier molecular flexibility index (Phi) is 4.20. The van der Waals surface area contributed by atoms with Crippen LogP contribution in [0.25, 0.3) is 11.1 Å². The molecule has 0 aliphatic carbocycles. The van der Waals surface area contributed by atoms with Crippen molar-refractivity contribution in [1.29, 1.82) is 0 Å². The first-order chi connectivity index (χ1) is 11.0. The van der Waals surface area contributed by atoms with Crippen molar-refractivity contribution >= 4 is 0 Å². The van der Waals surface area contributed by atoms with Crippen molar-refractivity contribution < 1.29 is 4.74 Å². The molecule has 0 aromatic heterocycles. The summed E-state index contributed by atoms with van der Waals surface area (Å²) in [6.45, 7) is 6.63. The van der Waals surface area contributed by atoms with Gasteiger partial charge >= 0.3 is 0 Å². The maximum Gasteiger partial charge on any atom is 0.127 e. The van der Waals surface area contributed by atoms with Crippen LogP contribution >= 0.6 is 0 Å². The summed E-state index contributed by atoms with van der Waals surface area (Å²) in [6, 6.07) is 26.9. The van der Waals surface area contributed by atoms with Crippen LogP contribution < -0.4 is 4.74 Å². The average Bonchev–Trinajstić information content (AvgIpc) is 2.56. The highest BCUT2D eigenvalue weighted by atomic mass is 16.5. The Labute approximate surface area is 138 Å². The van der Waals surface area contributed by atoms with Crippen molar-refractivity contribution in [3.8, 4) is 22.6 Å². The molecule has 0 aliphatic rings. The minimum Gasteiger partial charge on any atom is -0.457 e. The van der Waals surface area contributed by atoms with E-state index in [4.69, 9.17) is 4.74 Å². The lowest BCUT2D eigenvalue weighted by Gasteiger charge is -2.19. The fourth-order valence-electron chi connectivity index (χ4n) is 2.51. The predicted octanol–water partition coefficient (Wildman–Crippen LogP) is 6.44. The van der Waals surface area contributed by atoms with Gasteiger partial charge in [-0.1, -0.05) is 75.4 Å². The molecule has 0 bridgehead atoms. The highest BCUT2D eigenvalue weighted by molar-refractivity contribution is 5.64. The summed E-state index contributed by atoms with van der Waals surface area (Å²) in [4.78, 5) is 0. The molecule has 0 fully saturated rings. The van der Waals surface area contributed by atoms with E-state index in [0.29, 0.717) is 0 Å². The third-order valence-electron chi connectivity index (χ3n) is 3.90. The minimum absolute atomic E-state index is 0.122. The second kappa shape index (κ2) is 6.29. The van der Waals surface area contributed by atoms with E-state index in [1.54, 1.807) is 0 Å². The molecule has 1 nitrogen and oxygen atoms in total. The molecule has 0 N–H and O–H groups in total. The molecule has 0 unspecified atom stereocenters. The lowest BCUT2D eigenvalue weighted by Crippen LogP contribution is -2.10. The van der Waals surface area contributed by atoms with Gasteiger partial charge in [0.1, 0.15) is 11.5 Å². The molecule has 0 amide bonds. The van der Waals surface area contributed by atoms with Crippen LogP contribution in [0.2, 0.25) is 0 Å². The van der Waals surface area contributed by atoms with E-state index in [2.05, 4.69) is 69.3 Å². The third-order valence-corrected chi connectivity index (χ3v) is 3.90. The fraction of sp³-hybridized carbons (Fsp3) is 0.182. The van der Waals surface area contributed by atoms with Gasteiger partial charge in [-0.05, 0) is 46.4 Å². The summed E-state index contributed by atoms with van der Waals surface area (Å²) in [6.07, 6.45) is 0. The monoisotopic (exact) mass is 302 g/mol. The van der Waals surface area contributed by atoms with E-state index in [0.717, 1.165) is 11.5 Å². The SMILES string of the molecule is CC(C)(C)c1cccc(Oc2ccc(-c3ccccc3)cc2)c1. The molecule has 0 saturated carbocycles. The van der Waals surface area contributed by atoms with Crippen molar-refractivity contribution in [2.45, 2.75) is 26.2 Å². The van der Waals surface area contributed by atoms with Crippen LogP contribution in [0.3, 0.4) is 0 Å². The molecule has 0 spiro atoms. The van der Waals surface area contributed by atoms with Crippen LogP contribution in [-0.2, 0) is 5.41 Å². The Morgan fingerprint density at radius 2 is 1.26 bits per heavy atom. The molecule has 0 atom stereocenters. The van der Waals surface area contributed by atoms with Gasteiger partial charge in [0.25, 0.3) is 0 Å². The number of hydrogen-bond donors (Lipinski definition) is 0. The van der Waals surface area contributed by atoms with Crippen LogP contribution in [0.4, 0.5) is 0 Å². The smallest absolute Gasteiger partial charge is 0.127 e. The van der Waals surface area contributed by atoms with Crippen molar-refractivity contribution in [3.63, 3.8) is 0 Å². The summed E-state index contributed by atoms with van der Waals surface area (Å²) >= 11 is 0. The van der Waals surface area contributed by atoms with Gasteiger partial charge in [-0.3, -0.25) is 0 Å². The summed E-state index contributed by atoms with van der Waals surface area (Å²) < 4.78 is 6.01. The highest BCUT2D eigenvalue weighted by Crippen LogP contribution is 2.29. The zero-order chi connectivity index (χ0) is 16.3. The molecule has 3 rings (SSSR count). The first kappa shape index (κ1) is 15.4. The second-order valence-electron chi connectivity index (χ2n) is 6.77. The molecule has 23 heavy (non-hydrogen) atoms. The van der Waals surface area contributed by atoms with Gasteiger partial charge in [-0.15, -0.1) is 0 Å². The third kappa shape index (κ3) is 3.81. The maximum atomic E-state index is 6.01. The molecule has 116 valence electrons. The van der Waals surface area contributed by atoms with Gasteiger partial charge in [0.05, 0.1) is 0 Å². The van der Waals surface area contributed by atoms with Gasteiger partial charge < -0.3 is 4.74 Å². The highest BCUT2D eigenvalue weighted by Gasteiger charge is 2.14. The van der Waals surface area contributed by atoms with Crippen molar-refractivity contribution in [3.05, 3.63) is 84.4 Å². The number of rotatable bonds is 3. The number of benzene rings is 3. The fourth-order valence-corrected chi connectivity index (χ4v) is 2.51. The number of ether oxygens (including phenoxy) is 1. The lowest BCUT2D eigenvalue weighted by molar-refractivity contribution is 0.478. The summed E-state index contributed by atoms with van der Waals surface area (Å²) in [5.74, 6) is 1.74. The average molecular weight is 302 g/mol. The van der Waals surface area contributed by atoms with Crippen LogP contribution in [0.1, 0.15) is 26.3 Å². The normalized spacial score (nSPS) is 11.3. The lowest BCUT2D eigenvalue weighted by atomic mass is 9.87. The summed E-state index contributed by atoms with van der Waals surface area (Å²) in [5, 5.41) is 0. The predicted molar refractivity (Wildman–Crippen MR) is 97.1 cm³/mol. The van der Waals surface area contributed by atoms with E-state index in [-0.39, 0.29) is 5.41 Å². The molecule has 0 radical (unpaired) electrons. The Morgan fingerprint density at radius 1 is 0.609 bits per heavy atom. The zero-order valence-electron chi connectivity index (χ0n) is 13.9. The van der Waals surface area contributed by atoms with E-state index in [9.17, 15) is 0 Å². The largest absolute Gasteiger partial charge is 0.457 e. The van der Waals surface area contributed by atoms with Crippen LogP contribution in [0.5, 0.6) is 11.5 Å². The van der Waals surface area contributed by atoms with Crippen LogP contribution in [0.15, 0.2) is 78.9 Å². The molecule has 0 heterocycles. The molecular weight excluding hydrogens is 280 g/mol. The van der Waals surface area contributed by atoms with Crippen LogP contribution in [-0.4, -0.2) is 0 Å². The minimum atomic E-state index is 0.122. The maximum absolute atomic E-state index is 6.01. The molecule has 3 aromatic rings. The first-order valence-corrected chi connectivity index (χ1v) is 7.96. The van der Waals surface area contributed by atoms with Crippen molar-refractivity contribution in [2.24, 2.45) is 0 Å². The molecular formula is C22H22O. The van der Waals surface area contributed by atoms with Gasteiger partial charge in [0, 0.05) is 0 Å². The van der Waals surface area contributed by atoms with Crippen molar-refractivity contribution in [1.82, 2.24) is 0 Å². The van der Waals surface area contributed by atoms with E-state index < -0.39 is 0 Å². The quantitative estimate of drug-likeness (QED) is 0.540. The molecule has 0 saturated heterocycles. The van der Waals surface area contributed by atoms with E-state index >= 15 is 0 Å². The Balaban J connectivity index is 1.79. The molecule has 1 heteroatoms. The van der Waals surface area contributed by atoms with E-state index in [1.807, 2.05) is 30.3 Å². The van der Waals surface area contributed by atoms with Gasteiger partial charge in [0.15, 0.2) is 0 Å². The summed E-state index contributed by atoms with van der Waals surface area (Å²) in [5.41, 5.74) is 3.81. The Morgan fingerprint density at radius 3 is 1.91 bits per heavy atom. The molecule has 3 aromatic carbocycles. The molecule has 0 aliphatic heterocycles. The van der Waals surface area contributed by atoms with Gasteiger partial charge in [-0.2, -0.15) is 0 Å². The van der Waals surface area contributed by atoms with Crippen molar-refractivity contribution in [2.75, 3.05) is 0 Å². The first-order valence-electron chi connectivity index (χ1n) is 7.96. The van der Waals surface area contributed by atoms with Gasteiger partial charge in [-0.25, -0.2) is 0 Å². The van der Waals surface area contributed by atoms with Crippen LogP contribution in [0, 0.1) is 0 Å².